The summed E-state index contributed by atoms with van der Waals surface area (Å²) in [6.45, 7) is 5.52. The maximum atomic E-state index is 12.1. The highest BCUT2D eigenvalue weighted by molar-refractivity contribution is 7.13. The molecule has 0 fully saturated rings. The van der Waals surface area contributed by atoms with Crippen LogP contribution in [0.2, 0.25) is 5.02 Å². The number of nitrogens with zero attached hydrogens (tertiary/aromatic N) is 1. The molecule has 2 aromatic rings. The van der Waals surface area contributed by atoms with E-state index in [2.05, 4.69) is 15.6 Å². The van der Waals surface area contributed by atoms with E-state index in [1.807, 2.05) is 38.1 Å². The van der Waals surface area contributed by atoms with Gasteiger partial charge in [-0.1, -0.05) is 36.7 Å². The van der Waals surface area contributed by atoms with Gasteiger partial charge in [-0.15, -0.1) is 11.3 Å². The number of hydrogen-bond acceptors (Lipinski definition) is 4. The third-order valence-electron chi connectivity index (χ3n) is 2.96. The average molecular weight is 324 g/mol. The number of thiazole rings is 1. The van der Waals surface area contributed by atoms with Crippen molar-refractivity contribution in [2.24, 2.45) is 0 Å². The number of rotatable bonds is 6. The topological polar surface area (TPSA) is 54.0 Å². The first kappa shape index (κ1) is 15.9. The summed E-state index contributed by atoms with van der Waals surface area (Å²) < 4.78 is 0. The third-order valence-corrected chi connectivity index (χ3v) is 4.17. The summed E-state index contributed by atoms with van der Waals surface area (Å²) in [6, 6.07) is 7.72. The molecule has 112 valence electrons. The van der Waals surface area contributed by atoms with Gasteiger partial charge in [0.2, 0.25) is 0 Å². The van der Waals surface area contributed by atoms with Gasteiger partial charge in [0.15, 0.2) is 0 Å². The minimum atomic E-state index is -0.158. The molecule has 2 N–H and O–H groups in total. The molecule has 1 aromatic carbocycles. The Morgan fingerprint density at radius 1 is 1.43 bits per heavy atom. The lowest BCUT2D eigenvalue weighted by molar-refractivity contribution is 0.0946. The van der Waals surface area contributed by atoms with Crippen LogP contribution in [-0.4, -0.2) is 30.0 Å². The zero-order chi connectivity index (χ0) is 15.2. The molecule has 0 aliphatic rings. The number of amides is 1. The minimum Gasteiger partial charge on any atom is -0.349 e. The summed E-state index contributed by atoms with van der Waals surface area (Å²) in [7, 11) is 0. The smallest absolute Gasteiger partial charge is 0.270 e. The lowest BCUT2D eigenvalue weighted by Gasteiger charge is -2.12. The van der Waals surface area contributed by atoms with Gasteiger partial charge in [0.25, 0.3) is 5.91 Å². The maximum absolute atomic E-state index is 12.1. The normalized spacial score (nSPS) is 12.1. The van der Waals surface area contributed by atoms with Crippen molar-refractivity contribution in [3.8, 4) is 10.6 Å². The molecule has 2 rings (SSSR count). The van der Waals surface area contributed by atoms with Crippen LogP contribution in [0.4, 0.5) is 0 Å². The highest BCUT2D eigenvalue weighted by Gasteiger charge is 2.13. The van der Waals surface area contributed by atoms with E-state index in [1.54, 1.807) is 5.38 Å². The summed E-state index contributed by atoms with van der Waals surface area (Å²) in [5.41, 5.74) is 1.28. The van der Waals surface area contributed by atoms with E-state index in [-0.39, 0.29) is 11.9 Å². The Labute approximate surface area is 133 Å². The van der Waals surface area contributed by atoms with Crippen LogP contribution in [0.5, 0.6) is 0 Å². The van der Waals surface area contributed by atoms with Crippen LogP contribution in [0.1, 0.15) is 24.3 Å². The zero-order valence-electron chi connectivity index (χ0n) is 12.0. The first-order valence-corrected chi connectivity index (χ1v) is 8.09. The lowest BCUT2D eigenvalue weighted by Crippen LogP contribution is -2.38. The monoisotopic (exact) mass is 323 g/mol. The van der Waals surface area contributed by atoms with Crippen molar-refractivity contribution in [3.05, 3.63) is 40.4 Å². The minimum absolute atomic E-state index is 0.158. The summed E-state index contributed by atoms with van der Waals surface area (Å²) >= 11 is 7.56. The fourth-order valence-corrected chi connectivity index (χ4v) is 3.01. The second kappa shape index (κ2) is 7.54. The first-order chi connectivity index (χ1) is 10.1. The SMILES string of the molecule is CCN[C@H](C)CNC(=O)c1csc(-c2ccccc2Cl)n1. The predicted molar refractivity (Wildman–Crippen MR) is 88.0 cm³/mol. The second-order valence-electron chi connectivity index (χ2n) is 4.69. The van der Waals surface area contributed by atoms with Gasteiger partial charge >= 0.3 is 0 Å². The summed E-state index contributed by atoms with van der Waals surface area (Å²) in [5.74, 6) is -0.158. The molecule has 21 heavy (non-hydrogen) atoms. The standard InChI is InChI=1S/C15H18ClN3OS/c1-3-17-10(2)8-18-14(20)13-9-21-15(19-13)11-6-4-5-7-12(11)16/h4-7,9-10,17H,3,8H2,1-2H3,(H,18,20)/t10-/m1/s1. The Bertz CT molecular complexity index is 614. The Morgan fingerprint density at radius 3 is 2.90 bits per heavy atom. The van der Waals surface area contributed by atoms with Crippen molar-refractivity contribution >= 4 is 28.8 Å². The molecule has 4 nitrogen and oxygen atoms in total. The van der Waals surface area contributed by atoms with Gasteiger partial charge in [0.05, 0.1) is 5.02 Å². The fourth-order valence-electron chi connectivity index (χ4n) is 1.89. The van der Waals surface area contributed by atoms with Crippen molar-refractivity contribution in [1.82, 2.24) is 15.6 Å². The Hall–Kier alpha value is -1.43. The number of nitrogens with one attached hydrogen (secondary N) is 2. The molecule has 0 saturated carbocycles. The van der Waals surface area contributed by atoms with Crippen LogP contribution in [0.15, 0.2) is 29.6 Å². The van der Waals surface area contributed by atoms with Gasteiger partial charge in [-0.05, 0) is 19.5 Å². The van der Waals surface area contributed by atoms with E-state index in [9.17, 15) is 4.79 Å². The van der Waals surface area contributed by atoms with E-state index in [0.717, 1.165) is 17.1 Å². The lowest BCUT2D eigenvalue weighted by atomic mass is 10.2. The second-order valence-corrected chi connectivity index (χ2v) is 5.95. The van der Waals surface area contributed by atoms with Crippen molar-refractivity contribution in [1.29, 1.82) is 0 Å². The molecule has 0 unspecified atom stereocenters. The number of likely N-dealkylation sites (N-methyl/N-ethyl adjacent to an activating group) is 1. The fraction of sp³-hybridized carbons (Fsp3) is 0.333. The van der Waals surface area contributed by atoms with Crippen molar-refractivity contribution in [3.63, 3.8) is 0 Å². The number of benzene rings is 1. The molecule has 6 heteroatoms. The predicted octanol–water partition coefficient (Wildman–Crippen LogP) is 3.19. The van der Waals surface area contributed by atoms with Gasteiger partial charge in [-0.25, -0.2) is 4.98 Å². The van der Waals surface area contributed by atoms with Gasteiger partial charge in [-0.3, -0.25) is 4.79 Å². The molecule has 0 spiro atoms. The van der Waals surface area contributed by atoms with E-state index >= 15 is 0 Å². The quantitative estimate of drug-likeness (QED) is 0.858. The molecule has 0 aliphatic heterocycles. The van der Waals surface area contributed by atoms with Crippen LogP contribution in [0.3, 0.4) is 0 Å². The summed E-state index contributed by atoms with van der Waals surface area (Å²) in [4.78, 5) is 16.4. The van der Waals surface area contributed by atoms with Gasteiger partial charge < -0.3 is 10.6 Å². The van der Waals surface area contributed by atoms with E-state index < -0.39 is 0 Å². The Balaban J connectivity index is 2.03. The van der Waals surface area contributed by atoms with E-state index in [1.165, 1.54) is 11.3 Å². The molecule has 0 bridgehead atoms. The van der Waals surface area contributed by atoms with Crippen LogP contribution < -0.4 is 10.6 Å². The van der Waals surface area contributed by atoms with Crippen molar-refractivity contribution in [2.75, 3.05) is 13.1 Å². The largest absolute Gasteiger partial charge is 0.349 e. The van der Waals surface area contributed by atoms with Crippen molar-refractivity contribution < 1.29 is 4.79 Å². The molecular formula is C15H18ClN3OS. The molecule has 1 aromatic heterocycles. The van der Waals surface area contributed by atoms with Crippen LogP contribution in [0.25, 0.3) is 10.6 Å². The van der Waals surface area contributed by atoms with Gasteiger partial charge in [0, 0.05) is 23.5 Å². The van der Waals surface area contributed by atoms with Crippen LogP contribution >= 0.6 is 22.9 Å². The number of halogens is 1. The van der Waals surface area contributed by atoms with Crippen molar-refractivity contribution in [2.45, 2.75) is 19.9 Å². The Kier molecular flexibility index (Phi) is 5.73. The Morgan fingerprint density at radius 2 is 2.19 bits per heavy atom. The zero-order valence-corrected chi connectivity index (χ0v) is 13.6. The molecule has 1 heterocycles. The van der Waals surface area contributed by atoms with E-state index in [4.69, 9.17) is 11.6 Å². The number of carbonyl (C=O) groups is 1. The number of aromatic nitrogens is 1. The van der Waals surface area contributed by atoms with Gasteiger partial charge in [-0.2, -0.15) is 0 Å². The summed E-state index contributed by atoms with van der Waals surface area (Å²) in [6.07, 6.45) is 0. The molecule has 0 aliphatic carbocycles. The highest BCUT2D eigenvalue weighted by Crippen LogP contribution is 2.29. The van der Waals surface area contributed by atoms with Gasteiger partial charge in [0.1, 0.15) is 10.7 Å². The average Bonchev–Trinajstić information content (AvgIpc) is 2.95. The van der Waals surface area contributed by atoms with Crippen LogP contribution in [0, 0.1) is 0 Å². The highest BCUT2D eigenvalue weighted by atomic mass is 35.5. The number of carbonyl (C=O) groups excluding carboxylic acids is 1. The molecule has 1 amide bonds. The number of hydrogen-bond donors (Lipinski definition) is 2. The molecule has 0 saturated heterocycles. The third kappa shape index (κ3) is 4.27. The maximum Gasteiger partial charge on any atom is 0.270 e. The first-order valence-electron chi connectivity index (χ1n) is 6.83. The molecule has 1 atom stereocenters. The van der Waals surface area contributed by atoms with E-state index in [0.29, 0.717) is 17.3 Å². The molecular weight excluding hydrogens is 306 g/mol. The van der Waals surface area contributed by atoms with Crippen LogP contribution in [-0.2, 0) is 0 Å². The molecule has 0 radical (unpaired) electrons. The summed E-state index contributed by atoms with van der Waals surface area (Å²) in [5, 5.41) is 9.26.